The molecule has 0 saturated carbocycles. The highest BCUT2D eigenvalue weighted by atomic mass is 19.4. The van der Waals surface area contributed by atoms with Gasteiger partial charge in [0.15, 0.2) is 0 Å². The normalized spacial score (nSPS) is 13.9. The van der Waals surface area contributed by atoms with Gasteiger partial charge in [-0.1, -0.05) is 43.3 Å². The highest BCUT2D eigenvalue weighted by molar-refractivity contribution is 6.05. The van der Waals surface area contributed by atoms with Crippen LogP contribution in [-0.4, -0.2) is 40.1 Å². The number of hydrogen-bond donors (Lipinski definition) is 0. The molecule has 0 fully saturated rings. The molecule has 7 nitrogen and oxygen atoms in total. The van der Waals surface area contributed by atoms with Gasteiger partial charge in [-0.3, -0.25) is 4.68 Å². The first kappa shape index (κ1) is 31.7. The minimum Gasteiger partial charge on any atom is -0.493 e. The van der Waals surface area contributed by atoms with Crippen LogP contribution in [0.5, 0.6) is 5.75 Å². The zero-order chi connectivity index (χ0) is 32.4. The Morgan fingerprint density at radius 1 is 1.04 bits per heavy atom. The summed E-state index contributed by atoms with van der Waals surface area (Å²) < 4.78 is 61.7. The first-order valence-corrected chi connectivity index (χ1v) is 15.9. The van der Waals surface area contributed by atoms with Crippen LogP contribution in [0.25, 0.3) is 32.8 Å². The Hall–Kier alpha value is -4.31. The molecule has 3 heterocycles. The summed E-state index contributed by atoms with van der Waals surface area (Å²) in [5, 5.41) is 6.90. The Morgan fingerprint density at radius 3 is 2.65 bits per heavy atom. The van der Waals surface area contributed by atoms with E-state index >= 15 is 0 Å². The maximum atomic E-state index is 13.6. The predicted octanol–water partition coefficient (Wildman–Crippen LogP) is 8.27. The molecule has 5 aromatic rings. The second-order valence-corrected chi connectivity index (χ2v) is 11.5. The van der Waals surface area contributed by atoms with E-state index in [4.69, 9.17) is 19.3 Å². The van der Waals surface area contributed by atoms with Crippen molar-refractivity contribution in [1.29, 1.82) is 0 Å². The Labute approximate surface area is 265 Å². The van der Waals surface area contributed by atoms with Gasteiger partial charge in [0.25, 0.3) is 0 Å². The van der Waals surface area contributed by atoms with Crippen molar-refractivity contribution in [2.45, 2.75) is 65.3 Å². The van der Waals surface area contributed by atoms with Gasteiger partial charge in [0.2, 0.25) is 0 Å². The molecule has 0 atom stereocenters. The summed E-state index contributed by atoms with van der Waals surface area (Å²) in [7, 11) is 1.95. The summed E-state index contributed by atoms with van der Waals surface area (Å²) in [5.41, 5.74) is 5.80. The van der Waals surface area contributed by atoms with Crippen LogP contribution in [0.2, 0.25) is 0 Å². The standard InChI is InChI=1S/C36H38F3N3O4/c1-4-29-32-28-13-9-12-26-27(14-10-20-46-31-15-8-11-23-21-24(36(37,38)39)16-17-25(23)31)34(35(43)45-5-2)42(33(26)28)18-6-7-19-44-22-30(32)41(3)40-29/h8-9,11-13,15-17,21H,4-7,10,14,18-20,22H2,1-3H3. The van der Waals surface area contributed by atoms with Crippen LogP contribution in [0, 0.1) is 0 Å². The van der Waals surface area contributed by atoms with Crippen molar-refractivity contribution in [2.75, 3.05) is 19.8 Å². The number of carbonyl (C=O) groups is 1. The summed E-state index contributed by atoms with van der Waals surface area (Å²) in [5.74, 6) is 0.165. The number of benzene rings is 3. The topological polar surface area (TPSA) is 67.5 Å². The smallest absolute Gasteiger partial charge is 0.416 e. The van der Waals surface area contributed by atoms with Crippen molar-refractivity contribution in [3.63, 3.8) is 0 Å². The molecule has 1 aliphatic heterocycles. The number of fused-ring (bicyclic) bond motifs is 3. The highest BCUT2D eigenvalue weighted by Crippen LogP contribution is 2.40. The minimum atomic E-state index is -4.41. The number of para-hydroxylation sites is 1. The molecule has 0 N–H and O–H groups in total. The van der Waals surface area contributed by atoms with Gasteiger partial charge in [-0.2, -0.15) is 18.3 Å². The van der Waals surface area contributed by atoms with Crippen molar-refractivity contribution in [1.82, 2.24) is 14.3 Å². The molecule has 0 spiro atoms. The number of carbonyl (C=O) groups excluding carboxylic acids is 1. The molecular formula is C36H38F3N3O4. The van der Waals surface area contributed by atoms with Crippen LogP contribution in [0.4, 0.5) is 13.2 Å². The van der Waals surface area contributed by atoms with Gasteiger partial charge in [-0.05, 0) is 68.2 Å². The van der Waals surface area contributed by atoms with Crippen molar-refractivity contribution in [3.8, 4) is 16.9 Å². The maximum Gasteiger partial charge on any atom is 0.416 e. The Bertz CT molecular complexity index is 1890. The van der Waals surface area contributed by atoms with Gasteiger partial charge in [0.1, 0.15) is 11.4 Å². The van der Waals surface area contributed by atoms with E-state index < -0.39 is 11.7 Å². The van der Waals surface area contributed by atoms with Gasteiger partial charge in [0, 0.05) is 42.1 Å². The number of esters is 1. The molecule has 3 aromatic carbocycles. The van der Waals surface area contributed by atoms with E-state index in [1.54, 1.807) is 25.1 Å². The number of hydrogen-bond acceptors (Lipinski definition) is 5. The van der Waals surface area contributed by atoms with Crippen molar-refractivity contribution in [3.05, 3.63) is 82.8 Å². The molecule has 0 amide bonds. The molecule has 0 radical (unpaired) electrons. The lowest BCUT2D eigenvalue weighted by Gasteiger charge is -2.13. The van der Waals surface area contributed by atoms with E-state index in [2.05, 4.69) is 23.6 Å². The summed E-state index contributed by atoms with van der Waals surface area (Å²) in [6.07, 6.45) is -0.855. The van der Waals surface area contributed by atoms with Crippen molar-refractivity contribution < 1.29 is 32.2 Å². The van der Waals surface area contributed by atoms with Crippen LogP contribution < -0.4 is 4.74 Å². The molecule has 6 rings (SSSR count). The molecule has 242 valence electrons. The lowest BCUT2D eigenvalue weighted by Crippen LogP contribution is -2.15. The number of rotatable bonds is 8. The average molecular weight is 634 g/mol. The number of nitrogens with zero attached hydrogens (tertiary/aromatic N) is 3. The van der Waals surface area contributed by atoms with Crippen LogP contribution in [0.15, 0.2) is 54.6 Å². The molecule has 2 aromatic heterocycles. The Morgan fingerprint density at radius 2 is 1.87 bits per heavy atom. The van der Waals surface area contributed by atoms with E-state index in [-0.39, 0.29) is 12.6 Å². The number of halogens is 3. The van der Waals surface area contributed by atoms with E-state index in [9.17, 15) is 18.0 Å². The van der Waals surface area contributed by atoms with Gasteiger partial charge < -0.3 is 18.8 Å². The fraction of sp³-hybridized carbons (Fsp3) is 0.389. The molecule has 0 aliphatic carbocycles. The molecule has 0 saturated heterocycles. The molecule has 10 heteroatoms. The van der Waals surface area contributed by atoms with Crippen LogP contribution in [-0.2, 0) is 48.7 Å². The second kappa shape index (κ2) is 13.2. The largest absolute Gasteiger partial charge is 0.493 e. The van der Waals surface area contributed by atoms with Gasteiger partial charge in [-0.15, -0.1) is 0 Å². The third-order valence-electron chi connectivity index (χ3n) is 8.65. The lowest BCUT2D eigenvalue weighted by atomic mass is 9.97. The number of ether oxygens (including phenoxy) is 3. The molecular weight excluding hydrogens is 595 g/mol. The molecule has 0 bridgehead atoms. The third kappa shape index (κ3) is 5.98. The number of alkyl halides is 3. The van der Waals surface area contributed by atoms with Gasteiger partial charge in [0.05, 0.1) is 42.3 Å². The summed E-state index contributed by atoms with van der Waals surface area (Å²) in [6, 6.07) is 15.0. The van der Waals surface area contributed by atoms with E-state index in [0.717, 1.165) is 70.4 Å². The fourth-order valence-corrected chi connectivity index (χ4v) is 6.57. The van der Waals surface area contributed by atoms with Crippen LogP contribution in [0.3, 0.4) is 0 Å². The van der Waals surface area contributed by atoms with Crippen LogP contribution >= 0.6 is 0 Å². The number of aromatic nitrogens is 3. The third-order valence-corrected chi connectivity index (χ3v) is 8.65. The quantitative estimate of drug-likeness (QED) is 0.127. The first-order valence-electron chi connectivity index (χ1n) is 15.9. The molecule has 1 aliphatic rings. The lowest BCUT2D eigenvalue weighted by molar-refractivity contribution is -0.137. The number of aryl methyl sites for hydroxylation is 4. The zero-order valence-corrected chi connectivity index (χ0v) is 26.4. The fourth-order valence-electron chi connectivity index (χ4n) is 6.57. The first-order chi connectivity index (χ1) is 22.2. The zero-order valence-electron chi connectivity index (χ0n) is 26.4. The van der Waals surface area contributed by atoms with Gasteiger partial charge >= 0.3 is 12.1 Å². The second-order valence-electron chi connectivity index (χ2n) is 11.5. The maximum absolute atomic E-state index is 13.6. The minimum absolute atomic E-state index is 0.257. The monoisotopic (exact) mass is 633 g/mol. The van der Waals surface area contributed by atoms with E-state index in [1.807, 2.05) is 17.8 Å². The van der Waals surface area contributed by atoms with Crippen molar-refractivity contribution >= 4 is 27.6 Å². The summed E-state index contributed by atoms with van der Waals surface area (Å²) in [4.78, 5) is 13.6. The van der Waals surface area contributed by atoms with E-state index in [0.29, 0.717) is 61.4 Å². The van der Waals surface area contributed by atoms with Crippen LogP contribution in [0.1, 0.15) is 66.1 Å². The average Bonchev–Trinajstić information content (AvgIpc) is 3.52. The highest BCUT2D eigenvalue weighted by Gasteiger charge is 2.31. The summed E-state index contributed by atoms with van der Waals surface area (Å²) in [6.45, 7) is 6.17. The Kier molecular flexibility index (Phi) is 9.08. The SMILES string of the molecule is CCOC(=O)c1c(CCCOc2cccc3cc(C(F)(F)F)ccc23)c2cccc3c2n1CCCCOCc1c-3c(CC)nn1C. The predicted molar refractivity (Wildman–Crippen MR) is 171 cm³/mol. The molecule has 46 heavy (non-hydrogen) atoms. The van der Waals surface area contributed by atoms with Gasteiger partial charge in [-0.25, -0.2) is 4.79 Å². The summed E-state index contributed by atoms with van der Waals surface area (Å²) >= 11 is 0. The van der Waals surface area contributed by atoms with Crippen molar-refractivity contribution in [2.24, 2.45) is 7.05 Å². The van der Waals surface area contributed by atoms with E-state index in [1.165, 1.54) is 6.07 Å². The Balaban J connectivity index is 1.38. The molecule has 0 unspecified atom stereocenters.